The van der Waals surface area contributed by atoms with Gasteiger partial charge >= 0.3 is 0 Å². The third kappa shape index (κ3) is 5.24. The molecule has 1 N–H and O–H groups in total. The number of carbonyl (C=O) groups excluding carboxylic acids is 2. The summed E-state index contributed by atoms with van der Waals surface area (Å²) < 4.78 is 0. The fourth-order valence-electron chi connectivity index (χ4n) is 3.81. The lowest BCUT2D eigenvalue weighted by Gasteiger charge is -2.36. The van der Waals surface area contributed by atoms with E-state index in [1.165, 1.54) is 11.3 Å². The molecule has 0 saturated carbocycles. The van der Waals surface area contributed by atoms with Gasteiger partial charge in [-0.05, 0) is 48.4 Å². The predicted molar refractivity (Wildman–Crippen MR) is 128 cm³/mol. The van der Waals surface area contributed by atoms with Crippen LogP contribution in [0.5, 0.6) is 0 Å². The van der Waals surface area contributed by atoms with Crippen molar-refractivity contribution in [2.75, 3.05) is 31.1 Å². The molecule has 1 aliphatic heterocycles. The molecule has 3 aromatic carbocycles. The van der Waals surface area contributed by atoms with E-state index in [0.717, 1.165) is 18.7 Å². The van der Waals surface area contributed by atoms with Crippen molar-refractivity contribution in [2.45, 2.75) is 6.92 Å². The molecule has 3 aromatic rings. The number of benzene rings is 3. The van der Waals surface area contributed by atoms with Crippen LogP contribution in [-0.4, -0.2) is 42.9 Å². The Morgan fingerprint density at radius 2 is 1.47 bits per heavy atom. The van der Waals surface area contributed by atoms with Crippen LogP contribution in [0.2, 0.25) is 0 Å². The van der Waals surface area contributed by atoms with Gasteiger partial charge in [-0.3, -0.25) is 9.59 Å². The van der Waals surface area contributed by atoms with Crippen LogP contribution in [0, 0.1) is 6.92 Å². The fraction of sp³-hybridized carbons (Fsp3) is 0.185. The molecule has 2 amide bonds. The molecule has 32 heavy (non-hydrogen) atoms. The summed E-state index contributed by atoms with van der Waals surface area (Å²) in [5, 5.41) is 2.85. The first kappa shape index (κ1) is 21.4. The maximum absolute atomic E-state index is 13.4. The first-order valence-electron chi connectivity index (χ1n) is 10.8. The molecule has 1 heterocycles. The monoisotopic (exact) mass is 425 g/mol. The Bertz CT molecular complexity index is 1100. The standard InChI is InChI=1S/C27H27N3O2/c1-21-9-8-14-24(19-21)29-15-17-30(18-16-29)27(32)25(20-22-10-4-2-5-11-22)28-26(31)23-12-6-3-7-13-23/h2-14,19-20H,15-18H2,1H3,(H,28,31)/b25-20+. The number of anilines is 1. The summed E-state index contributed by atoms with van der Waals surface area (Å²) >= 11 is 0. The minimum Gasteiger partial charge on any atom is -0.368 e. The summed E-state index contributed by atoms with van der Waals surface area (Å²) in [5.41, 5.74) is 4.06. The number of nitrogens with one attached hydrogen (secondary N) is 1. The van der Waals surface area contributed by atoms with Gasteiger partial charge in [-0.15, -0.1) is 0 Å². The van der Waals surface area contributed by atoms with Gasteiger partial charge in [0.2, 0.25) is 0 Å². The van der Waals surface area contributed by atoms with Crippen molar-refractivity contribution in [2.24, 2.45) is 0 Å². The van der Waals surface area contributed by atoms with E-state index >= 15 is 0 Å². The molecule has 1 fully saturated rings. The Morgan fingerprint density at radius 3 is 2.12 bits per heavy atom. The lowest BCUT2D eigenvalue weighted by Crippen LogP contribution is -2.50. The third-order valence-electron chi connectivity index (χ3n) is 5.56. The lowest BCUT2D eigenvalue weighted by atomic mass is 10.1. The highest BCUT2D eigenvalue weighted by molar-refractivity contribution is 6.05. The summed E-state index contributed by atoms with van der Waals surface area (Å²) in [5.74, 6) is -0.457. The molecule has 0 aromatic heterocycles. The number of carbonyl (C=O) groups is 2. The number of aryl methyl sites for hydroxylation is 1. The maximum Gasteiger partial charge on any atom is 0.270 e. The van der Waals surface area contributed by atoms with Gasteiger partial charge in [0.05, 0.1) is 0 Å². The summed E-state index contributed by atoms with van der Waals surface area (Å²) in [7, 11) is 0. The third-order valence-corrected chi connectivity index (χ3v) is 5.56. The predicted octanol–water partition coefficient (Wildman–Crippen LogP) is 4.11. The number of hydrogen-bond donors (Lipinski definition) is 1. The number of rotatable bonds is 5. The molecular weight excluding hydrogens is 398 g/mol. The van der Waals surface area contributed by atoms with Crippen molar-refractivity contribution in [3.63, 3.8) is 0 Å². The quantitative estimate of drug-likeness (QED) is 0.626. The molecule has 5 heteroatoms. The van der Waals surface area contributed by atoms with Gasteiger partial charge in [0, 0.05) is 37.4 Å². The zero-order chi connectivity index (χ0) is 22.3. The zero-order valence-electron chi connectivity index (χ0n) is 18.2. The second-order valence-corrected chi connectivity index (χ2v) is 7.91. The van der Waals surface area contributed by atoms with E-state index in [1.807, 2.05) is 53.4 Å². The second kappa shape index (κ2) is 9.96. The Hall–Kier alpha value is -3.86. The minimum absolute atomic E-state index is 0.165. The van der Waals surface area contributed by atoms with Crippen LogP contribution in [0.1, 0.15) is 21.5 Å². The number of amides is 2. The van der Waals surface area contributed by atoms with Crippen LogP contribution in [0.25, 0.3) is 6.08 Å². The normalized spacial score (nSPS) is 14.2. The zero-order valence-corrected chi connectivity index (χ0v) is 18.2. The van der Waals surface area contributed by atoms with Crippen molar-refractivity contribution in [1.82, 2.24) is 10.2 Å². The topological polar surface area (TPSA) is 52.6 Å². The Kier molecular flexibility index (Phi) is 6.66. The molecule has 4 rings (SSSR count). The minimum atomic E-state index is -0.292. The average molecular weight is 426 g/mol. The van der Waals surface area contributed by atoms with Crippen molar-refractivity contribution < 1.29 is 9.59 Å². The van der Waals surface area contributed by atoms with E-state index < -0.39 is 0 Å². The Labute approximate surface area is 189 Å². The van der Waals surface area contributed by atoms with Gasteiger partial charge in [0.25, 0.3) is 11.8 Å². The molecule has 0 unspecified atom stereocenters. The molecule has 0 bridgehead atoms. The lowest BCUT2D eigenvalue weighted by molar-refractivity contribution is -0.127. The molecule has 1 saturated heterocycles. The summed E-state index contributed by atoms with van der Waals surface area (Å²) in [6.07, 6.45) is 1.75. The van der Waals surface area contributed by atoms with Gasteiger partial charge in [-0.2, -0.15) is 0 Å². The van der Waals surface area contributed by atoms with E-state index in [2.05, 4.69) is 41.4 Å². The highest BCUT2D eigenvalue weighted by Gasteiger charge is 2.25. The van der Waals surface area contributed by atoms with Crippen molar-refractivity contribution in [3.8, 4) is 0 Å². The van der Waals surface area contributed by atoms with Gasteiger partial charge in [-0.25, -0.2) is 0 Å². The largest absolute Gasteiger partial charge is 0.368 e. The highest BCUT2D eigenvalue weighted by atomic mass is 16.2. The second-order valence-electron chi connectivity index (χ2n) is 7.91. The van der Waals surface area contributed by atoms with E-state index in [4.69, 9.17) is 0 Å². The van der Waals surface area contributed by atoms with Crippen molar-refractivity contribution >= 4 is 23.6 Å². The molecule has 0 atom stereocenters. The first-order chi connectivity index (χ1) is 15.6. The Balaban J connectivity index is 1.50. The van der Waals surface area contributed by atoms with Crippen molar-refractivity contribution in [3.05, 3.63) is 107 Å². The number of piperazine rings is 1. The molecule has 162 valence electrons. The van der Waals surface area contributed by atoms with Crippen LogP contribution >= 0.6 is 0 Å². The fourth-order valence-corrected chi connectivity index (χ4v) is 3.81. The Morgan fingerprint density at radius 1 is 0.812 bits per heavy atom. The highest BCUT2D eigenvalue weighted by Crippen LogP contribution is 2.19. The van der Waals surface area contributed by atoms with Crippen molar-refractivity contribution in [1.29, 1.82) is 0 Å². The van der Waals surface area contributed by atoms with Gasteiger partial charge < -0.3 is 15.1 Å². The van der Waals surface area contributed by atoms with Crippen LogP contribution in [0.15, 0.2) is 90.6 Å². The van der Waals surface area contributed by atoms with E-state index in [1.54, 1.807) is 18.2 Å². The van der Waals surface area contributed by atoms with Crippen LogP contribution in [0.4, 0.5) is 5.69 Å². The van der Waals surface area contributed by atoms with Crippen LogP contribution < -0.4 is 10.2 Å². The molecular formula is C27H27N3O2. The SMILES string of the molecule is Cc1cccc(N2CCN(C(=O)/C(=C\c3ccccc3)NC(=O)c3ccccc3)CC2)c1. The van der Waals surface area contributed by atoms with E-state index in [9.17, 15) is 9.59 Å². The maximum atomic E-state index is 13.4. The van der Waals surface area contributed by atoms with Crippen LogP contribution in [0.3, 0.4) is 0 Å². The molecule has 0 spiro atoms. The molecule has 5 nitrogen and oxygen atoms in total. The summed E-state index contributed by atoms with van der Waals surface area (Å²) in [4.78, 5) is 30.3. The summed E-state index contributed by atoms with van der Waals surface area (Å²) in [6.45, 7) is 4.78. The molecule has 0 aliphatic carbocycles. The smallest absolute Gasteiger partial charge is 0.270 e. The van der Waals surface area contributed by atoms with Gasteiger partial charge in [0.1, 0.15) is 5.70 Å². The van der Waals surface area contributed by atoms with E-state index in [0.29, 0.717) is 18.7 Å². The number of hydrogen-bond acceptors (Lipinski definition) is 3. The van der Waals surface area contributed by atoms with Crippen LogP contribution in [-0.2, 0) is 4.79 Å². The molecule has 0 radical (unpaired) electrons. The first-order valence-corrected chi connectivity index (χ1v) is 10.8. The van der Waals surface area contributed by atoms with Gasteiger partial charge in [0.15, 0.2) is 0 Å². The summed E-state index contributed by atoms with van der Waals surface area (Å²) in [6, 6.07) is 26.9. The van der Waals surface area contributed by atoms with E-state index in [-0.39, 0.29) is 17.5 Å². The van der Waals surface area contributed by atoms with Gasteiger partial charge in [-0.1, -0.05) is 60.7 Å². The number of nitrogens with zero attached hydrogens (tertiary/aromatic N) is 2. The molecule has 1 aliphatic rings. The average Bonchev–Trinajstić information content (AvgIpc) is 2.84.